The van der Waals surface area contributed by atoms with Gasteiger partial charge in [0.25, 0.3) is 5.91 Å². The summed E-state index contributed by atoms with van der Waals surface area (Å²) in [6, 6.07) is 0.249. The molecule has 1 saturated heterocycles. The number of amides is 2. The van der Waals surface area contributed by atoms with Crippen molar-refractivity contribution in [2.45, 2.75) is 57.1 Å². The maximum atomic E-state index is 12.5. The van der Waals surface area contributed by atoms with E-state index in [-0.39, 0.29) is 24.4 Å². The van der Waals surface area contributed by atoms with Gasteiger partial charge in [-0.1, -0.05) is 0 Å². The lowest BCUT2D eigenvalue weighted by Gasteiger charge is -2.38. The highest BCUT2D eigenvalue weighted by atomic mass is 16.3. The molecule has 0 bridgehead atoms. The molecular formula is C15H24N2O3. The molecule has 1 heterocycles. The van der Waals surface area contributed by atoms with Crippen LogP contribution in [0.3, 0.4) is 0 Å². The zero-order valence-electron chi connectivity index (χ0n) is 12.1. The second-order valence-corrected chi connectivity index (χ2v) is 6.75. The molecule has 3 aliphatic rings. The molecule has 2 amide bonds. The standard InChI is InChI=1S/C15H24N2O3/c1-10(18)17-8-2-7-15(20,9-17)14(19)16-13(11-3-4-11)12-5-6-12/h11-13,20H,2-9H2,1H3,(H,16,19). The first-order chi connectivity index (χ1) is 9.49. The Morgan fingerprint density at radius 1 is 1.25 bits per heavy atom. The first kappa shape index (κ1) is 13.9. The Kier molecular flexibility index (Phi) is 3.48. The number of hydrogen-bond donors (Lipinski definition) is 2. The van der Waals surface area contributed by atoms with Crippen molar-refractivity contribution in [2.24, 2.45) is 11.8 Å². The number of nitrogens with one attached hydrogen (secondary N) is 1. The van der Waals surface area contributed by atoms with Crippen LogP contribution in [0.4, 0.5) is 0 Å². The molecule has 112 valence electrons. The summed E-state index contributed by atoms with van der Waals surface area (Å²) in [5.41, 5.74) is -1.40. The maximum absolute atomic E-state index is 12.5. The molecule has 1 unspecified atom stereocenters. The van der Waals surface area contributed by atoms with Gasteiger partial charge in [0.15, 0.2) is 5.60 Å². The Morgan fingerprint density at radius 3 is 2.35 bits per heavy atom. The summed E-state index contributed by atoms with van der Waals surface area (Å²) in [5.74, 6) is 0.884. The molecule has 1 atom stereocenters. The van der Waals surface area contributed by atoms with Crippen molar-refractivity contribution in [1.29, 1.82) is 0 Å². The summed E-state index contributed by atoms with van der Waals surface area (Å²) in [4.78, 5) is 25.5. The van der Waals surface area contributed by atoms with Crippen LogP contribution in [0.1, 0.15) is 45.4 Å². The Bertz CT molecular complexity index is 405. The smallest absolute Gasteiger partial charge is 0.254 e. The van der Waals surface area contributed by atoms with E-state index >= 15 is 0 Å². The number of nitrogens with zero attached hydrogens (tertiary/aromatic N) is 1. The number of aliphatic hydroxyl groups is 1. The molecule has 2 saturated carbocycles. The van der Waals surface area contributed by atoms with E-state index in [1.165, 1.54) is 32.6 Å². The normalized spacial score (nSPS) is 30.4. The van der Waals surface area contributed by atoms with Crippen molar-refractivity contribution in [3.05, 3.63) is 0 Å². The van der Waals surface area contributed by atoms with Gasteiger partial charge in [0, 0.05) is 19.5 Å². The molecule has 5 heteroatoms. The Labute approximate surface area is 119 Å². The molecule has 0 aromatic rings. The largest absolute Gasteiger partial charge is 0.378 e. The minimum absolute atomic E-state index is 0.0724. The van der Waals surface area contributed by atoms with Crippen LogP contribution in [0.25, 0.3) is 0 Å². The lowest BCUT2D eigenvalue weighted by Crippen LogP contribution is -2.59. The highest BCUT2D eigenvalue weighted by Crippen LogP contribution is 2.44. The minimum atomic E-state index is -1.40. The molecule has 2 aliphatic carbocycles. The van der Waals surface area contributed by atoms with E-state index in [4.69, 9.17) is 0 Å². The third-order valence-corrected chi connectivity index (χ3v) is 4.90. The lowest BCUT2D eigenvalue weighted by atomic mass is 9.91. The van der Waals surface area contributed by atoms with E-state index in [0.717, 1.165) is 0 Å². The van der Waals surface area contributed by atoms with E-state index in [2.05, 4.69) is 5.32 Å². The molecule has 5 nitrogen and oxygen atoms in total. The Balaban J connectivity index is 1.63. The van der Waals surface area contributed by atoms with Gasteiger partial charge in [0.2, 0.25) is 5.91 Å². The van der Waals surface area contributed by atoms with Crippen LogP contribution >= 0.6 is 0 Å². The van der Waals surface area contributed by atoms with Crippen LogP contribution in [0, 0.1) is 11.8 Å². The molecule has 0 aromatic heterocycles. The number of carbonyl (C=O) groups is 2. The van der Waals surface area contributed by atoms with Crippen LogP contribution in [0.5, 0.6) is 0 Å². The summed E-state index contributed by atoms with van der Waals surface area (Å²) in [6.07, 6.45) is 5.91. The van der Waals surface area contributed by atoms with Crippen LogP contribution in [-0.4, -0.2) is 46.6 Å². The predicted octanol–water partition coefficient (Wildman–Crippen LogP) is 0.665. The third-order valence-electron chi connectivity index (χ3n) is 4.90. The predicted molar refractivity (Wildman–Crippen MR) is 73.8 cm³/mol. The van der Waals surface area contributed by atoms with E-state index in [9.17, 15) is 14.7 Å². The van der Waals surface area contributed by atoms with Crippen LogP contribution in [-0.2, 0) is 9.59 Å². The van der Waals surface area contributed by atoms with Gasteiger partial charge < -0.3 is 15.3 Å². The van der Waals surface area contributed by atoms with Crippen molar-refractivity contribution < 1.29 is 14.7 Å². The number of carbonyl (C=O) groups excluding carboxylic acids is 2. The van der Waals surface area contributed by atoms with Crippen molar-refractivity contribution in [3.63, 3.8) is 0 Å². The van der Waals surface area contributed by atoms with Crippen LogP contribution < -0.4 is 5.32 Å². The van der Waals surface area contributed by atoms with E-state index in [0.29, 0.717) is 31.2 Å². The fourth-order valence-electron chi connectivity index (χ4n) is 3.31. The van der Waals surface area contributed by atoms with Gasteiger partial charge >= 0.3 is 0 Å². The first-order valence-corrected chi connectivity index (χ1v) is 7.78. The van der Waals surface area contributed by atoms with Crippen molar-refractivity contribution in [2.75, 3.05) is 13.1 Å². The fourth-order valence-corrected chi connectivity index (χ4v) is 3.31. The quantitative estimate of drug-likeness (QED) is 0.795. The molecule has 1 aliphatic heterocycles. The van der Waals surface area contributed by atoms with Gasteiger partial charge in [-0.15, -0.1) is 0 Å². The van der Waals surface area contributed by atoms with Crippen molar-refractivity contribution in [1.82, 2.24) is 10.2 Å². The van der Waals surface area contributed by atoms with Gasteiger partial charge in [-0.2, -0.15) is 0 Å². The average Bonchev–Trinajstić information content (AvgIpc) is 3.28. The number of piperidine rings is 1. The monoisotopic (exact) mass is 280 g/mol. The topological polar surface area (TPSA) is 69.6 Å². The lowest BCUT2D eigenvalue weighted by molar-refractivity contribution is -0.151. The molecule has 3 fully saturated rings. The molecular weight excluding hydrogens is 256 g/mol. The van der Waals surface area contributed by atoms with Gasteiger partial charge in [0.1, 0.15) is 0 Å². The fraction of sp³-hybridized carbons (Fsp3) is 0.867. The summed E-state index contributed by atoms with van der Waals surface area (Å²) in [5, 5.41) is 13.7. The van der Waals surface area contributed by atoms with E-state index < -0.39 is 5.60 Å². The number of β-amino-alcohol motifs (C(OH)–C–C–N with tert-alkyl or cyclic N) is 1. The molecule has 20 heavy (non-hydrogen) atoms. The molecule has 0 radical (unpaired) electrons. The number of rotatable bonds is 4. The molecule has 2 N–H and O–H groups in total. The first-order valence-electron chi connectivity index (χ1n) is 7.78. The molecule has 0 aromatic carbocycles. The summed E-state index contributed by atoms with van der Waals surface area (Å²) >= 11 is 0. The minimum Gasteiger partial charge on any atom is -0.378 e. The summed E-state index contributed by atoms with van der Waals surface area (Å²) in [6.45, 7) is 2.26. The van der Waals surface area contributed by atoms with Gasteiger partial charge in [-0.3, -0.25) is 9.59 Å². The Morgan fingerprint density at radius 2 is 1.85 bits per heavy atom. The summed E-state index contributed by atoms with van der Waals surface area (Å²) < 4.78 is 0. The second-order valence-electron chi connectivity index (χ2n) is 6.75. The third kappa shape index (κ3) is 2.82. The van der Waals surface area contributed by atoms with Gasteiger partial charge in [-0.05, 0) is 50.4 Å². The zero-order chi connectivity index (χ0) is 14.3. The van der Waals surface area contributed by atoms with E-state index in [1.807, 2.05) is 0 Å². The average molecular weight is 280 g/mol. The molecule has 0 spiro atoms. The van der Waals surface area contributed by atoms with Gasteiger partial charge in [0.05, 0.1) is 6.54 Å². The number of likely N-dealkylation sites (tertiary alicyclic amines) is 1. The highest BCUT2D eigenvalue weighted by Gasteiger charge is 2.47. The summed E-state index contributed by atoms with van der Waals surface area (Å²) in [7, 11) is 0. The maximum Gasteiger partial charge on any atom is 0.254 e. The Hall–Kier alpha value is -1.10. The van der Waals surface area contributed by atoms with Crippen LogP contribution in [0.15, 0.2) is 0 Å². The van der Waals surface area contributed by atoms with Crippen LogP contribution in [0.2, 0.25) is 0 Å². The SMILES string of the molecule is CC(=O)N1CCCC(O)(C(=O)NC(C2CC2)C2CC2)C1. The van der Waals surface area contributed by atoms with E-state index in [1.54, 1.807) is 4.90 Å². The van der Waals surface area contributed by atoms with Crippen molar-refractivity contribution in [3.8, 4) is 0 Å². The molecule has 3 rings (SSSR count). The second kappa shape index (κ2) is 5.02. The van der Waals surface area contributed by atoms with Crippen molar-refractivity contribution >= 4 is 11.8 Å². The highest BCUT2D eigenvalue weighted by molar-refractivity contribution is 5.86. The van der Waals surface area contributed by atoms with Gasteiger partial charge in [-0.25, -0.2) is 0 Å². The zero-order valence-corrected chi connectivity index (χ0v) is 12.1. The number of hydrogen-bond acceptors (Lipinski definition) is 3.